The van der Waals surface area contributed by atoms with Crippen LogP contribution in [0.5, 0.6) is 0 Å². The van der Waals surface area contributed by atoms with Crippen LogP contribution in [-0.4, -0.2) is 78.1 Å². The average Bonchev–Trinajstić information content (AvgIpc) is 3.44. The van der Waals surface area contributed by atoms with Crippen molar-refractivity contribution in [1.82, 2.24) is 20.6 Å². The lowest BCUT2D eigenvalue weighted by Crippen LogP contribution is -2.49. The molecular formula is C29H38N4O7S. The predicted octanol–water partition coefficient (Wildman–Crippen LogP) is 2.27. The van der Waals surface area contributed by atoms with Gasteiger partial charge >= 0.3 is 5.97 Å². The number of aromatic nitrogens is 2. The Kier molecular flexibility index (Phi) is 11.4. The van der Waals surface area contributed by atoms with E-state index in [0.29, 0.717) is 5.69 Å². The predicted molar refractivity (Wildman–Crippen MR) is 155 cm³/mol. The van der Waals surface area contributed by atoms with E-state index in [1.165, 1.54) is 6.33 Å². The number of carbonyl (C=O) groups excluding carboxylic acids is 2. The second kappa shape index (κ2) is 14.7. The van der Waals surface area contributed by atoms with Gasteiger partial charge in [0.25, 0.3) is 0 Å². The Labute approximate surface area is 240 Å². The highest BCUT2D eigenvalue weighted by molar-refractivity contribution is 7.90. The van der Waals surface area contributed by atoms with E-state index >= 15 is 0 Å². The molecule has 4 atom stereocenters. The quantitative estimate of drug-likeness (QED) is 0.198. The van der Waals surface area contributed by atoms with E-state index in [1.54, 1.807) is 6.20 Å². The number of nitrogens with zero attached hydrogens (tertiary/aromatic N) is 1. The molecule has 4 N–H and O–H groups in total. The van der Waals surface area contributed by atoms with Crippen molar-refractivity contribution >= 4 is 38.4 Å². The summed E-state index contributed by atoms with van der Waals surface area (Å²) in [5.41, 5.74) is 1.49. The topological polar surface area (TPSA) is 168 Å². The van der Waals surface area contributed by atoms with Crippen LogP contribution < -0.4 is 10.6 Å². The highest BCUT2D eigenvalue weighted by atomic mass is 32.2. The Hall–Kier alpha value is -3.77. The van der Waals surface area contributed by atoms with Gasteiger partial charge < -0.3 is 25.5 Å². The van der Waals surface area contributed by atoms with Crippen LogP contribution in [0.15, 0.2) is 55.0 Å². The van der Waals surface area contributed by atoms with Gasteiger partial charge in [0.2, 0.25) is 11.8 Å². The normalized spacial score (nSPS) is 14.6. The first-order valence-corrected chi connectivity index (χ1v) is 15.6. The van der Waals surface area contributed by atoms with Crippen LogP contribution in [0.1, 0.15) is 37.9 Å². The number of amides is 2. The van der Waals surface area contributed by atoms with E-state index in [4.69, 9.17) is 4.74 Å². The summed E-state index contributed by atoms with van der Waals surface area (Å²) in [4.78, 5) is 44.9. The van der Waals surface area contributed by atoms with E-state index < -0.39 is 45.7 Å². The number of hydrogen-bond acceptors (Lipinski definition) is 7. The molecule has 0 saturated carbocycles. The van der Waals surface area contributed by atoms with Crippen LogP contribution in [0.4, 0.5) is 0 Å². The number of sulfone groups is 1. The molecular weight excluding hydrogens is 548 g/mol. The molecule has 0 spiro atoms. The molecule has 2 amide bonds. The van der Waals surface area contributed by atoms with E-state index in [1.807, 2.05) is 56.3 Å². The van der Waals surface area contributed by atoms with Crippen LogP contribution in [0.25, 0.3) is 10.8 Å². The van der Waals surface area contributed by atoms with Gasteiger partial charge in [0.15, 0.2) is 0 Å². The van der Waals surface area contributed by atoms with Gasteiger partial charge in [0.1, 0.15) is 22.0 Å². The monoisotopic (exact) mass is 586 g/mol. The molecule has 11 nitrogen and oxygen atoms in total. The number of ether oxygens (including phenoxy) is 1. The van der Waals surface area contributed by atoms with E-state index in [-0.39, 0.29) is 37.7 Å². The van der Waals surface area contributed by atoms with Crippen LogP contribution in [0.2, 0.25) is 0 Å². The lowest BCUT2D eigenvalue weighted by molar-refractivity contribution is -0.144. The molecule has 0 bridgehead atoms. The first-order chi connectivity index (χ1) is 19.5. The SMILES string of the molecule is CC[C@H](C)[C@@H](COC(Cc1cccc2ccccc12)C(=O)N[C@@H](CCS(C)(=O)=O)C(=O)O)NC(=O)Cc1cnc[nH]1. The Balaban J connectivity index is 1.82. The molecule has 12 heteroatoms. The maximum atomic E-state index is 13.5. The van der Waals surface area contributed by atoms with Crippen molar-refractivity contribution in [3.8, 4) is 0 Å². The number of fused-ring (bicyclic) bond motifs is 1. The smallest absolute Gasteiger partial charge is 0.326 e. The first-order valence-electron chi connectivity index (χ1n) is 13.5. The maximum absolute atomic E-state index is 13.5. The molecule has 1 aromatic heterocycles. The molecule has 0 aliphatic rings. The number of carboxylic acids is 1. The zero-order chi connectivity index (χ0) is 30.0. The van der Waals surface area contributed by atoms with Gasteiger partial charge in [0.05, 0.1) is 31.1 Å². The van der Waals surface area contributed by atoms with Crippen molar-refractivity contribution < 1.29 is 32.6 Å². The number of rotatable bonds is 16. The number of H-pyrrole nitrogens is 1. The highest BCUT2D eigenvalue weighted by Crippen LogP contribution is 2.21. The molecule has 0 radical (unpaired) electrons. The fourth-order valence-electron chi connectivity index (χ4n) is 4.42. The molecule has 0 saturated heterocycles. The van der Waals surface area contributed by atoms with Gasteiger partial charge in [-0.15, -0.1) is 0 Å². The summed E-state index contributed by atoms with van der Waals surface area (Å²) < 4.78 is 29.4. The standard InChI is InChI=1S/C29H38N4O7S/c1-4-19(2)25(32-27(34)15-22-16-30-18-31-22)17-40-26(14-21-10-7-9-20-8-5-6-11-23(20)21)28(35)33-24(29(36)37)12-13-41(3,38)39/h5-11,16,18-19,24-26H,4,12-15,17H2,1-3H3,(H,30,31)(H,32,34)(H,33,35)(H,36,37)/t19-,24-,25+,26?/m0/s1. The molecule has 3 aromatic rings. The third-order valence-electron chi connectivity index (χ3n) is 7.03. The van der Waals surface area contributed by atoms with Crippen LogP contribution in [0.3, 0.4) is 0 Å². The second-order valence-electron chi connectivity index (χ2n) is 10.3. The van der Waals surface area contributed by atoms with E-state index in [9.17, 15) is 27.9 Å². The second-order valence-corrected chi connectivity index (χ2v) is 12.6. The van der Waals surface area contributed by atoms with E-state index in [2.05, 4.69) is 20.6 Å². The Morgan fingerprint density at radius 2 is 1.83 bits per heavy atom. The number of carboxylic acid groups (broad SMARTS) is 1. The number of nitrogens with one attached hydrogen (secondary N) is 3. The lowest BCUT2D eigenvalue weighted by Gasteiger charge is -2.27. The van der Waals surface area contributed by atoms with Crippen molar-refractivity contribution in [3.05, 3.63) is 66.2 Å². The van der Waals surface area contributed by atoms with Crippen molar-refractivity contribution in [2.75, 3.05) is 18.6 Å². The summed E-state index contributed by atoms with van der Waals surface area (Å²) in [7, 11) is -3.44. The Morgan fingerprint density at radius 1 is 1.10 bits per heavy atom. The molecule has 0 aliphatic carbocycles. The maximum Gasteiger partial charge on any atom is 0.326 e. The summed E-state index contributed by atoms with van der Waals surface area (Å²) in [6, 6.07) is 11.6. The minimum Gasteiger partial charge on any atom is -0.480 e. The van der Waals surface area contributed by atoms with Crippen LogP contribution in [-0.2, 0) is 41.8 Å². The number of hydrogen-bond donors (Lipinski definition) is 4. The summed E-state index contributed by atoms with van der Waals surface area (Å²) in [6.45, 7) is 3.96. The van der Waals surface area contributed by atoms with Crippen molar-refractivity contribution in [3.63, 3.8) is 0 Å². The average molecular weight is 587 g/mol. The van der Waals surface area contributed by atoms with Gasteiger partial charge in [-0.05, 0) is 28.7 Å². The Morgan fingerprint density at radius 3 is 2.49 bits per heavy atom. The molecule has 0 fully saturated rings. The number of imidazole rings is 1. The largest absolute Gasteiger partial charge is 0.480 e. The first kappa shape index (κ1) is 31.8. The molecule has 2 aromatic carbocycles. The number of aliphatic carboxylic acids is 1. The number of aromatic amines is 1. The fraction of sp³-hybridized carbons (Fsp3) is 0.448. The van der Waals surface area contributed by atoms with Crippen molar-refractivity contribution in [1.29, 1.82) is 0 Å². The van der Waals surface area contributed by atoms with Gasteiger partial charge in [-0.25, -0.2) is 18.2 Å². The fourth-order valence-corrected chi connectivity index (χ4v) is 5.08. The van der Waals surface area contributed by atoms with Gasteiger partial charge in [-0.2, -0.15) is 0 Å². The van der Waals surface area contributed by atoms with Gasteiger partial charge in [-0.1, -0.05) is 62.7 Å². The summed E-state index contributed by atoms with van der Waals surface area (Å²) in [6.07, 6.45) is 3.68. The third-order valence-corrected chi connectivity index (χ3v) is 8.01. The molecule has 0 aliphatic heterocycles. The number of carbonyl (C=O) groups is 3. The molecule has 3 rings (SSSR count). The van der Waals surface area contributed by atoms with Crippen molar-refractivity contribution in [2.45, 2.75) is 57.7 Å². The van der Waals surface area contributed by atoms with Crippen LogP contribution >= 0.6 is 0 Å². The third kappa shape index (κ3) is 9.98. The summed E-state index contributed by atoms with van der Waals surface area (Å²) in [5.74, 6) is -2.62. The minimum absolute atomic E-state index is 0.00759. The lowest BCUT2D eigenvalue weighted by atomic mass is 9.98. The molecule has 1 unspecified atom stereocenters. The summed E-state index contributed by atoms with van der Waals surface area (Å²) >= 11 is 0. The summed E-state index contributed by atoms with van der Waals surface area (Å²) in [5, 5.41) is 17.0. The van der Waals surface area contributed by atoms with Gasteiger partial charge in [-0.3, -0.25) is 9.59 Å². The zero-order valence-electron chi connectivity index (χ0n) is 23.5. The van der Waals surface area contributed by atoms with E-state index in [0.717, 1.165) is 29.0 Å². The van der Waals surface area contributed by atoms with Crippen LogP contribution in [0, 0.1) is 5.92 Å². The highest BCUT2D eigenvalue weighted by Gasteiger charge is 2.29. The zero-order valence-corrected chi connectivity index (χ0v) is 24.3. The number of benzene rings is 2. The Bertz CT molecular complexity index is 1420. The molecule has 222 valence electrons. The van der Waals surface area contributed by atoms with Gasteiger partial charge in [0, 0.05) is 24.6 Å². The minimum atomic E-state index is -3.44. The molecule has 41 heavy (non-hydrogen) atoms. The van der Waals surface area contributed by atoms with Crippen molar-refractivity contribution in [2.24, 2.45) is 5.92 Å². The molecule has 1 heterocycles.